The Labute approximate surface area is 130 Å². The van der Waals surface area contributed by atoms with Crippen molar-refractivity contribution >= 4 is 11.6 Å². The third-order valence-electron chi connectivity index (χ3n) is 4.27. The highest BCUT2D eigenvalue weighted by molar-refractivity contribution is 6.31. The topological polar surface area (TPSA) is 30.3 Å². The van der Waals surface area contributed by atoms with Gasteiger partial charge in [-0.2, -0.15) is 5.26 Å². The van der Waals surface area contributed by atoms with Gasteiger partial charge in [0.2, 0.25) is 0 Å². The lowest BCUT2D eigenvalue weighted by Gasteiger charge is -2.42. The van der Waals surface area contributed by atoms with E-state index >= 15 is 0 Å². The molecule has 2 rings (SSSR count). The summed E-state index contributed by atoms with van der Waals surface area (Å²) in [4.78, 5) is 4.46. The molecule has 21 heavy (non-hydrogen) atoms. The number of hydrogen-bond acceptors (Lipinski definition) is 3. The Morgan fingerprint density at radius 3 is 2.76 bits per heavy atom. The van der Waals surface area contributed by atoms with Gasteiger partial charge in [0.1, 0.15) is 11.9 Å². The fourth-order valence-electron chi connectivity index (χ4n) is 3.06. The van der Waals surface area contributed by atoms with Gasteiger partial charge in [0, 0.05) is 36.3 Å². The summed E-state index contributed by atoms with van der Waals surface area (Å²) < 4.78 is 14.1. The number of nitrogens with zero attached hydrogens (tertiary/aromatic N) is 3. The van der Waals surface area contributed by atoms with Crippen molar-refractivity contribution in [1.82, 2.24) is 9.80 Å². The molecule has 1 saturated heterocycles. The SMILES string of the molecule is CCC1CN(C(C#N)c2c(F)cccc2Cl)CCN1CC. The number of hydrogen-bond donors (Lipinski definition) is 0. The number of rotatable bonds is 4. The third kappa shape index (κ3) is 3.37. The van der Waals surface area contributed by atoms with E-state index in [1.807, 2.05) is 4.90 Å². The van der Waals surface area contributed by atoms with E-state index in [2.05, 4.69) is 24.8 Å². The second-order valence-electron chi connectivity index (χ2n) is 5.35. The molecule has 0 N–H and O–H groups in total. The minimum absolute atomic E-state index is 0.307. The molecule has 114 valence electrons. The Balaban J connectivity index is 2.25. The molecule has 1 aliphatic heterocycles. The van der Waals surface area contributed by atoms with E-state index in [4.69, 9.17) is 11.6 Å². The first kappa shape index (κ1) is 16.2. The van der Waals surface area contributed by atoms with Gasteiger partial charge in [0.25, 0.3) is 0 Å². The van der Waals surface area contributed by atoms with E-state index in [1.165, 1.54) is 6.07 Å². The maximum absolute atomic E-state index is 14.1. The zero-order chi connectivity index (χ0) is 15.4. The summed E-state index contributed by atoms with van der Waals surface area (Å²) in [6, 6.07) is 6.60. The van der Waals surface area contributed by atoms with Crippen LogP contribution in [0.1, 0.15) is 31.9 Å². The van der Waals surface area contributed by atoms with E-state index in [0.29, 0.717) is 16.6 Å². The van der Waals surface area contributed by atoms with Gasteiger partial charge in [-0.25, -0.2) is 4.39 Å². The summed E-state index contributed by atoms with van der Waals surface area (Å²) >= 11 is 6.12. The molecular weight excluding hydrogens is 289 g/mol. The Morgan fingerprint density at radius 1 is 1.43 bits per heavy atom. The van der Waals surface area contributed by atoms with Crippen LogP contribution < -0.4 is 0 Å². The number of halogens is 2. The van der Waals surface area contributed by atoms with Crippen molar-refractivity contribution < 1.29 is 4.39 Å². The highest BCUT2D eigenvalue weighted by atomic mass is 35.5. The average Bonchev–Trinajstić information content (AvgIpc) is 2.50. The molecule has 1 fully saturated rings. The maximum atomic E-state index is 14.1. The van der Waals surface area contributed by atoms with Gasteiger partial charge in [-0.15, -0.1) is 0 Å². The smallest absolute Gasteiger partial charge is 0.130 e. The van der Waals surface area contributed by atoms with Crippen molar-refractivity contribution in [3.8, 4) is 6.07 Å². The molecule has 0 aromatic heterocycles. The van der Waals surface area contributed by atoms with Crippen molar-refractivity contribution in [3.63, 3.8) is 0 Å². The maximum Gasteiger partial charge on any atom is 0.130 e. The lowest BCUT2D eigenvalue weighted by Crippen LogP contribution is -2.53. The Kier molecular flexibility index (Phi) is 5.58. The molecule has 3 nitrogen and oxygen atoms in total. The fraction of sp³-hybridized carbons (Fsp3) is 0.562. The van der Waals surface area contributed by atoms with Crippen molar-refractivity contribution in [2.75, 3.05) is 26.2 Å². The van der Waals surface area contributed by atoms with Crippen LogP contribution in [0.4, 0.5) is 4.39 Å². The molecule has 1 aromatic carbocycles. The van der Waals surface area contributed by atoms with Crippen LogP contribution in [0.3, 0.4) is 0 Å². The van der Waals surface area contributed by atoms with Crippen molar-refractivity contribution in [2.24, 2.45) is 0 Å². The molecule has 0 saturated carbocycles. The van der Waals surface area contributed by atoms with E-state index in [-0.39, 0.29) is 0 Å². The van der Waals surface area contributed by atoms with Gasteiger partial charge in [0.15, 0.2) is 0 Å². The molecule has 5 heteroatoms. The molecule has 0 bridgehead atoms. The standard InChI is InChI=1S/C16H21ClFN3/c1-3-12-11-21(9-8-20(12)4-2)15(10-19)16-13(17)6-5-7-14(16)18/h5-7,12,15H,3-4,8-9,11H2,1-2H3. The first-order valence-corrected chi connectivity index (χ1v) is 7.81. The van der Waals surface area contributed by atoms with E-state index in [0.717, 1.165) is 32.6 Å². The highest BCUT2D eigenvalue weighted by Gasteiger charge is 2.32. The van der Waals surface area contributed by atoms with Crippen molar-refractivity contribution in [1.29, 1.82) is 5.26 Å². The van der Waals surface area contributed by atoms with Crippen LogP contribution in [0.5, 0.6) is 0 Å². The zero-order valence-electron chi connectivity index (χ0n) is 12.5. The summed E-state index contributed by atoms with van der Waals surface area (Å²) in [5.41, 5.74) is 0.307. The third-order valence-corrected chi connectivity index (χ3v) is 4.60. The molecule has 0 amide bonds. The van der Waals surface area contributed by atoms with Gasteiger partial charge in [-0.3, -0.25) is 9.80 Å². The second-order valence-corrected chi connectivity index (χ2v) is 5.76. The fourth-order valence-corrected chi connectivity index (χ4v) is 3.32. The first-order chi connectivity index (χ1) is 10.1. The monoisotopic (exact) mass is 309 g/mol. The number of likely N-dealkylation sites (N-methyl/N-ethyl adjacent to an activating group) is 1. The minimum Gasteiger partial charge on any atom is -0.298 e. The number of piperazine rings is 1. The van der Waals surface area contributed by atoms with Crippen LogP contribution in [0, 0.1) is 17.1 Å². The lowest BCUT2D eigenvalue weighted by atomic mass is 10.0. The van der Waals surface area contributed by atoms with Gasteiger partial charge in [-0.05, 0) is 25.1 Å². The predicted molar refractivity (Wildman–Crippen MR) is 82.7 cm³/mol. The van der Waals surface area contributed by atoms with Gasteiger partial charge >= 0.3 is 0 Å². The predicted octanol–water partition coefficient (Wildman–Crippen LogP) is 3.46. The zero-order valence-corrected chi connectivity index (χ0v) is 13.3. The molecule has 2 unspecified atom stereocenters. The lowest BCUT2D eigenvalue weighted by molar-refractivity contribution is 0.0616. The molecule has 0 radical (unpaired) electrons. The van der Waals surface area contributed by atoms with E-state index in [1.54, 1.807) is 12.1 Å². The van der Waals surface area contributed by atoms with E-state index < -0.39 is 11.9 Å². The Morgan fingerprint density at radius 2 is 2.19 bits per heavy atom. The van der Waals surface area contributed by atoms with Crippen LogP contribution in [0.15, 0.2) is 18.2 Å². The summed E-state index contributed by atoms with van der Waals surface area (Å²) in [6.45, 7) is 7.73. The van der Waals surface area contributed by atoms with Gasteiger partial charge in [0.05, 0.1) is 6.07 Å². The van der Waals surface area contributed by atoms with Crippen LogP contribution in [-0.4, -0.2) is 42.0 Å². The molecular formula is C16H21ClFN3. The molecule has 0 spiro atoms. The number of benzene rings is 1. The number of nitriles is 1. The van der Waals surface area contributed by atoms with E-state index in [9.17, 15) is 9.65 Å². The minimum atomic E-state index is -0.619. The van der Waals surface area contributed by atoms with Crippen LogP contribution in [0.25, 0.3) is 0 Å². The van der Waals surface area contributed by atoms with Gasteiger partial charge < -0.3 is 0 Å². The molecule has 1 aromatic rings. The molecule has 1 aliphatic rings. The van der Waals surface area contributed by atoms with Crippen LogP contribution >= 0.6 is 11.6 Å². The van der Waals surface area contributed by atoms with Crippen molar-refractivity contribution in [2.45, 2.75) is 32.4 Å². The molecule has 1 heterocycles. The highest BCUT2D eigenvalue weighted by Crippen LogP contribution is 2.31. The summed E-state index contributed by atoms with van der Waals surface area (Å²) in [6.07, 6.45) is 1.02. The summed E-state index contributed by atoms with van der Waals surface area (Å²) in [5, 5.41) is 9.86. The second kappa shape index (κ2) is 7.22. The van der Waals surface area contributed by atoms with Crippen LogP contribution in [0.2, 0.25) is 5.02 Å². The Bertz CT molecular complexity index is 508. The molecule has 2 atom stereocenters. The summed E-state index contributed by atoms with van der Waals surface area (Å²) in [5.74, 6) is -0.403. The Hall–Kier alpha value is -1.15. The quantitative estimate of drug-likeness (QED) is 0.853. The van der Waals surface area contributed by atoms with Gasteiger partial charge in [-0.1, -0.05) is 31.5 Å². The van der Waals surface area contributed by atoms with Crippen LogP contribution in [-0.2, 0) is 0 Å². The normalized spacial score (nSPS) is 22.0. The largest absolute Gasteiger partial charge is 0.298 e. The van der Waals surface area contributed by atoms with Crippen molar-refractivity contribution in [3.05, 3.63) is 34.6 Å². The first-order valence-electron chi connectivity index (χ1n) is 7.43. The summed E-state index contributed by atoms with van der Waals surface area (Å²) in [7, 11) is 0. The molecule has 0 aliphatic carbocycles. The average molecular weight is 310 g/mol.